The highest BCUT2D eigenvalue weighted by Gasteiger charge is 2.47. The zero-order chi connectivity index (χ0) is 35.7. The number of pyridine rings is 3. The van der Waals surface area contributed by atoms with E-state index in [9.17, 15) is 14.4 Å². The number of carbonyl (C=O) groups excluding carboxylic acids is 2. The maximum Gasteiger partial charge on any atom is 0.410 e. The lowest BCUT2D eigenvalue weighted by Gasteiger charge is -2.49. The molecular formula is C36H40ClFN6O5. The quantitative estimate of drug-likeness (QED) is 0.240. The molecule has 0 unspecified atom stereocenters. The Morgan fingerprint density at radius 2 is 1.82 bits per heavy atom. The summed E-state index contributed by atoms with van der Waals surface area (Å²) in [5, 5.41) is 0.589. The monoisotopic (exact) mass is 690 g/mol. The lowest BCUT2D eigenvalue weighted by molar-refractivity contribution is -0.121. The Labute approximate surface area is 289 Å². The van der Waals surface area contributed by atoms with Crippen LogP contribution in [0.1, 0.15) is 58.7 Å². The Kier molecular flexibility index (Phi) is 8.59. The van der Waals surface area contributed by atoms with Gasteiger partial charge >= 0.3 is 6.09 Å². The van der Waals surface area contributed by atoms with Crippen molar-refractivity contribution in [2.75, 3.05) is 37.0 Å². The average molecular weight is 691 g/mol. The zero-order valence-electron chi connectivity index (χ0n) is 29.1. The molecule has 49 heavy (non-hydrogen) atoms. The van der Waals surface area contributed by atoms with E-state index in [2.05, 4.69) is 4.98 Å². The number of anilines is 2. The summed E-state index contributed by atoms with van der Waals surface area (Å²) in [4.78, 5) is 56.7. The van der Waals surface area contributed by atoms with E-state index in [4.69, 9.17) is 26.1 Å². The lowest BCUT2D eigenvalue weighted by Crippen LogP contribution is -2.66. The first kappa shape index (κ1) is 34.2. The molecular weight excluding hydrogens is 651 g/mol. The van der Waals surface area contributed by atoms with Gasteiger partial charge in [-0.3, -0.25) is 19.1 Å². The van der Waals surface area contributed by atoms with Gasteiger partial charge in [0.1, 0.15) is 28.9 Å². The Hall–Kier alpha value is -4.71. The van der Waals surface area contributed by atoms with Crippen LogP contribution in [0.2, 0.25) is 5.02 Å². The summed E-state index contributed by atoms with van der Waals surface area (Å²) in [5.41, 5.74) is 1.62. The number of amides is 2. The number of halogens is 2. The Morgan fingerprint density at radius 3 is 2.47 bits per heavy atom. The largest absolute Gasteiger partial charge is 0.496 e. The molecule has 258 valence electrons. The van der Waals surface area contributed by atoms with Crippen LogP contribution >= 0.6 is 11.6 Å². The van der Waals surface area contributed by atoms with E-state index in [1.165, 1.54) is 28.7 Å². The van der Waals surface area contributed by atoms with Crippen LogP contribution < -0.4 is 20.1 Å². The highest BCUT2D eigenvalue weighted by Crippen LogP contribution is 2.45. The third kappa shape index (κ3) is 5.65. The van der Waals surface area contributed by atoms with Crippen LogP contribution in [0.3, 0.4) is 0 Å². The molecule has 0 N–H and O–H groups in total. The van der Waals surface area contributed by atoms with Crippen LogP contribution in [0.15, 0.2) is 41.3 Å². The van der Waals surface area contributed by atoms with E-state index in [-0.39, 0.29) is 64.3 Å². The Bertz CT molecular complexity index is 2080. The first-order valence-corrected chi connectivity index (χ1v) is 16.5. The number of benzene rings is 1. The molecule has 1 saturated heterocycles. The summed E-state index contributed by atoms with van der Waals surface area (Å²) in [7, 11) is 2.98. The highest BCUT2D eigenvalue weighted by molar-refractivity contribution is 6.34. The van der Waals surface area contributed by atoms with Gasteiger partial charge in [0.05, 0.1) is 47.0 Å². The van der Waals surface area contributed by atoms with E-state index < -0.39 is 29.1 Å². The van der Waals surface area contributed by atoms with Gasteiger partial charge in [0, 0.05) is 31.2 Å². The van der Waals surface area contributed by atoms with Crippen LogP contribution in [0, 0.1) is 12.7 Å². The molecule has 0 radical (unpaired) electrons. The summed E-state index contributed by atoms with van der Waals surface area (Å²) < 4.78 is 28.2. The second-order valence-electron chi connectivity index (χ2n) is 13.9. The molecule has 2 aliphatic rings. The van der Waals surface area contributed by atoms with Crippen LogP contribution in [-0.4, -0.2) is 76.4 Å². The summed E-state index contributed by atoms with van der Waals surface area (Å²) in [5.74, 6) is -0.817. The molecule has 1 fully saturated rings. The van der Waals surface area contributed by atoms with Gasteiger partial charge in [-0.25, -0.2) is 14.2 Å². The van der Waals surface area contributed by atoms with Crippen LogP contribution in [0.4, 0.5) is 20.6 Å². The molecule has 0 bridgehead atoms. The van der Waals surface area contributed by atoms with Gasteiger partial charge in [-0.15, -0.1) is 0 Å². The predicted octanol–water partition coefficient (Wildman–Crippen LogP) is 6.47. The second kappa shape index (κ2) is 12.3. The minimum Gasteiger partial charge on any atom is -0.496 e. The number of methoxy groups -OCH3 is 1. The first-order chi connectivity index (χ1) is 23.0. The number of aromatic nitrogens is 3. The third-order valence-corrected chi connectivity index (χ3v) is 9.30. The number of hydrogen-bond acceptors (Lipinski definition) is 8. The fourth-order valence-electron chi connectivity index (χ4n) is 6.76. The standard InChI is InChI=1S/C36H40ClFN6O5/c1-18(2)27-29(19(3)13-14-39-27)44-32-21(15-22(37)28(40-32)26-23(38)11-10-12-25(26)48-9)30-31(34(44)46)41(8)33(45)24-17-42(20(4)16-43(24)30)35(47)49-36(5,6)7/h10-15,18,20,24H,16-17H2,1-9H3/t20-,24-/m1/s1. The van der Waals surface area contributed by atoms with Crippen molar-refractivity contribution in [3.05, 3.63) is 69.0 Å². The van der Waals surface area contributed by atoms with E-state index >= 15 is 4.39 Å². The van der Waals surface area contributed by atoms with Gasteiger partial charge in [0.15, 0.2) is 5.65 Å². The summed E-state index contributed by atoms with van der Waals surface area (Å²) >= 11 is 6.97. The molecule has 3 aromatic heterocycles. The van der Waals surface area contributed by atoms with Gasteiger partial charge in [-0.2, -0.15) is 0 Å². The molecule has 6 rings (SSSR count). The molecule has 2 atom stereocenters. The van der Waals surface area contributed by atoms with E-state index in [1.54, 1.807) is 57.1 Å². The zero-order valence-corrected chi connectivity index (χ0v) is 29.8. The maximum atomic E-state index is 15.5. The fourth-order valence-corrected chi connectivity index (χ4v) is 7.01. The Morgan fingerprint density at radius 1 is 1.10 bits per heavy atom. The molecule has 5 heterocycles. The lowest BCUT2D eigenvalue weighted by atomic mass is 9.98. The molecule has 2 amide bonds. The van der Waals surface area contributed by atoms with Crippen molar-refractivity contribution in [2.24, 2.45) is 0 Å². The van der Waals surface area contributed by atoms with Crippen molar-refractivity contribution in [2.45, 2.75) is 72.1 Å². The van der Waals surface area contributed by atoms with Crippen molar-refractivity contribution in [1.82, 2.24) is 19.4 Å². The molecule has 0 spiro atoms. The number of hydrogen-bond donors (Lipinski definition) is 0. The number of ether oxygens (including phenoxy) is 2. The minimum atomic E-state index is -0.823. The number of carbonyl (C=O) groups is 2. The summed E-state index contributed by atoms with van der Waals surface area (Å²) in [6.07, 6.45) is 1.16. The molecule has 4 aromatic rings. The van der Waals surface area contributed by atoms with Gasteiger partial charge in [0.2, 0.25) is 0 Å². The van der Waals surface area contributed by atoms with Gasteiger partial charge < -0.3 is 24.2 Å². The third-order valence-electron chi connectivity index (χ3n) is 9.01. The summed E-state index contributed by atoms with van der Waals surface area (Å²) in [6.45, 7) is 13.3. The smallest absolute Gasteiger partial charge is 0.410 e. The van der Waals surface area contributed by atoms with Crippen molar-refractivity contribution < 1.29 is 23.5 Å². The van der Waals surface area contributed by atoms with Crippen LogP contribution in [0.25, 0.3) is 28.0 Å². The normalized spacial score (nSPS) is 17.8. The highest BCUT2D eigenvalue weighted by atomic mass is 35.5. The number of aryl methyl sites for hydroxylation is 1. The minimum absolute atomic E-state index is 0.0359. The fraction of sp³-hybridized carbons (Fsp3) is 0.417. The second-order valence-corrected chi connectivity index (χ2v) is 14.3. The Balaban J connectivity index is 1.69. The van der Waals surface area contributed by atoms with Crippen molar-refractivity contribution in [1.29, 1.82) is 0 Å². The molecule has 1 aromatic carbocycles. The number of piperazine rings is 1. The number of fused-ring (bicyclic) bond motifs is 5. The topological polar surface area (TPSA) is 110 Å². The predicted molar refractivity (Wildman–Crippen MR) is 188 cm³/mol. The van der Waals surface area contributed by atoms with Gasteiger partial charge in [-0.05, 0) is 70.4 Å². The molecule has 0 saturated carbocycles. The molecule has 11 nitrogen and oxygen atoms in total. The van der Waals surface area contributed by atoms with E-state index in [0.717, 1.165) is 5.56 Å². The first-order valence-electron chi connectivity index (χ1n) is 16.2. The average Bonchev–Trinajstić information content (AvgIpc) is 3.02. The van der Waals surface area contributed by atoms with Crippen LogP contribution in [0.5, 0.6) is 5.75 Å². The van der Waals surface area contributed by atoms with Gasteiger partial charge in [0.25, 0.3) is 11.5 Å². The van der Waals surface area contributed by atoms with Gasteiger partial charge in [-0.1, -0.05) is 31.5 Å². The number of nitrogens with zero attached hydrogens (tertiary/aromatic N) is 6. The number of rotatable bonds is 4. The number of likely N-dealkylation sites (N-methyl/N-ethyl adjacent to an activating group) is 1. The van der Waals surface area contributed by atoms with Crippen molar-refractivity contribution >= 4 is 46.0 Å². The SMILES string of the molecule is COc1cccc(F)c1-c1nc2c(cc1Cl)c1c(c(=O)n2-c2c(C)ccnc2C(C)C)N(C)C(=O)[C@H]2CN(C(=O)OC(C)(C)C)[C@H](C)CN12. The van der Waals surface area contributed by atoms with Crippen molar-refractivity contribution in [3.8, 4) is 22.7 Å². The molecule has 2 aliphatic heterocycles. The van der Waals surface area contributed by atoms with Crippen LogP contribution in [-0.2, 0) is 9.53 Å². The van der Waals surface area contributed by atoms with E-state index in [0.29, 0.717) is 22.5 Å². The maximum absolute atomic E-state index is 15.5. The molecule has 13 heteroatoms. The summed E-state index contributed by atoms with van der Waals surface area (Å²) in [6, 6.07) is 6.68. The van der Waals surface area contributed by atoms with Crippen molar-refractivity contribution in [3.63, 3.8) is 0 Å². The molecule has 0 aliphatic carbocycles. The van der Waals surface area contributed by atoms with E-state index in [1.807, 2.05) is 32.6 Å².